The molecule has 0 aromatic rings. The van der Waals surface area contributed by atoms with E-state index in [1.165, 1.54) is 0 Å². The summed E-state index contributed by atoms with van der Waals surface area (Å²) in [6, 6.07) is 0. The van der Waals surface area contributed by atoms with Gasteiger partial charge in [-0.05, 0) is 25.8 Å². The molecule has 76 valence electrons. The van der Waals surface area contributed by atoms with Crippen LogP contribution in [0, 0.1) is 5.92 Å². The van der Waals surface area contributed by atoms with Crippen molar-refractivity contribution in [1.82, 2.24) is 10.2 Å². The summed E-state index contributed by atoms with van der Waals surface area (Å²) in [7, 11) is 3.57. The number of nitrogens with zero attached hydrogens (tertiary/aromatic N) is 1. The Bertz CT molecular complexity index is 178. The quantitative estimate of drug-likeness (QED) is 0.618. The standard InChI is InChI=1S/C9H18N2O2/c1-10-9(13)6-11(2)5-7-3-8(12)4-7/h7-8,12H,3-6H2,1-2H3,(H,10,13). The Morgan fingerprint density at radius 2 is 2.23 bits per heavy atom. The molecular weight excluding hydrogens is 168 g/mol. The van der Waals surface area contributed by atoms with Gasteiger partial charge in [0, 0.05) is 13.6 Å². The number of aliphatic hydroxyl groups excluding tert-OH is 1. The predicted molar refractivity (Wildman–Crippen MR) is 50.3 cm³/mol. The number of aliphatic hydroxyl groups is 1. The minimum absolute atomic E-state index is 0.0439. The number of hydrogen-bond donors (Lipinski definition) is 2. The molecule has 0 radical (unpaired) electrons. The monoisotopic (exact) mass is 186 g/mol. The molecule has 0 bridgehead atoms. The average Bonchev–Trinajstić information content (AvgIpc) is 2.01. The van der Waals surface area contributed by atoms with Crippen LogP contribution in [0.4, 0.5) is 0 Å². The second-order valence-corrected chi connectivity index (χ2v) is 3.86. The van der Waals surface area contributed by atoms with Crippen LogP contribution in [0.2, 0.25) is 0 Å². The van der Waals surface area contributed by atoms with Gasteiger partial charge in [0.1, 0.15) is 0 Å². The number of carbonyl (C=O) groups is 1. The second kappa shape index (κ2) is 4.58. The lowest BCUT2D eigenvalue weighted by molar-refractivity contribution is -0.121. The highest BCUT2D eigenvalue weighted by molar-refractivity contribution is 5.77. The van der Waals surface area contributed by atoms with Crippen LogP contribution in [-0.2, 0) is 4.79 Å². The van der Waals surface area contributed by atoms with E-state index < -0.39 is 0 Å². The van der Waals surface area contributed by atoms with E-state index in [1.807, 2.05) is 11.9 Å². The van der Waals surface area contributed by atoms with Crippen LogP contribution in [0.1, 0.15) is 12.8 Å². The zero-order valence-corrected chi connectivity index (χ0v) is 8.29. The van der Waals surface area contributed by atoms with Gasteiger partial charge in [-0.15, -0.1) is 0 Å². The van der Waals surface area contributed by atoms with Crippen molar-refractivity contribution >= 4 is 5.91 Å². The summed E-state index contributed by atoms with van der Waals surface area (Å²) in [6.45, 7) is 1.35. The molecule has 0 aromatic carbocycles. The fraction of sp³-hybridized carbons (Fsp3) is 0.889. The molecule has 2 N–H and O–H groups in total. The number of hydrogen-bond acceptors (Lipinski definition) is 3. The molecule has 0 unspecified atom stereocenters. The molecule has 1 aliphatic rings. The lowest BCUT2D eigenvalue weighted by atomic mass is 9.82. The number of likely N-dealkylation sites (N-methyl/N-ethyl adjacent to an activating group) is 2. The molecule has 1 aliphatic carbocycles. The smallest absolute Gasteiger partial charge is 0.233 e. The lowest BCUT2D eigenvalue weighted by Crippen LogP contribution is -2.40. The Morgan fingerprint density at radius 1 is 1.62 bits per heavy atom. The van der Waals surface area contributed by atoms with Gasteiger partial charge in [-0.1, -0.05) is 0 Å². The van der Waals surface area contributed by atoms with Crippen molar-refractivity contribution < 1.29 is 9.90 Å². The molecule has 1 saturated carbocycles. The molecule has 4 nitrogen and oxygen atoms in total. The zero-order chi connectivity index (χ0) is 9.84. The highest BCUT2D eigenvalue weighted by Crippen LogP contribution is 2.27. The third-order valence-corrected chi connectivity index (χ3v) is 2.47. The van der Waals surface area contributed by atoms with Crippen molar-refractivity contribution in [2.24, 2.45) is 5.92 Å². The minimum Gasteiger partial charge on any atom is -0.393 e. The first-order chi connectivity index (χ1) is 6.11. The van der Waals surface area contributed by atoms with Gasteiger partial charge in [-0.3, -0.25) is 9.69 Å². The molecule has 1 rings (SSSR count). The van der Waals surface area contributed by atoms with E-state index in [1.54, 1.807) is 7.05 Å². The molecule has 0 heterocycles. The number of carbonyl (C=O) groups excluding carboxylic acids is 1. The Morgan fingerprint density at radius 3 is 2.69 bits per heavy atom. The summed E-state index contributed by atoms with van der Waals surface area (Å²) < 4.78 is 0. The summed E-state index contributed by atoms with van der Waals surface area (Å²) >= 11 is 0. The zero-order valence-electron chi connectivity index (χ0n) is 8.29. The van der Waals surface area contributed by atoms with Gasteiger partial charge in [0.15, 0.2) is 0 Å². The first-order valence-electron chi connectivity index (χ1n) is 4.69. The fourth-order valence-electron chi connectivity index (χ4n) is 1.68. The van der Waals surface area contributed by atoms with Crippen LogP contribution in [0.25, 0.3) is 0 Å². The van der Waals surface area contributed by atoms with Gasteiger partial charge < -0.3 is 10.4 Å². The summed E-state index contributed by atoms with van der Waals surface area (Å²) in [6.07, 6.45) is 1.68. The van der Waals surface area contributed by atoms with Gasteiger partial charge in [0.2, 0.25) is 5.91 Å². The summed E-state index contributed by atoms with van der Waals surface area (Å²) in [4.78, 5) is 13.0. The van der Waals surface area contributed by atoms with E-state index in [4.69, 9.17) is 5.11 Å². The van der Waals surface area contributed by atoms with Crippen molar-refractivity contribution in [3.63, 3.8) is 0 Å². The van der Waals surface area contributed by atoms with E-state index in [0.717, 1.165) is 19.4 Å². The third-order valence-electron chi connectivity index (χ3n) is 2.47. The normalized spacial score (nSPS) is 27.1. The first-order valence-corrected chi connectivity index (χ1v) is 4.69. The van der Waals surface area contributed by atoms with Gasteiger partial charge in [-0.2, -0.15) is 0 Å². The summed E-state index contributed by atoms with van der Waals surface area (Å²) in [5.74, 6) is 0.618. The largest absolute Gasteiger partial charge is 0.393 e. The van der Waals surface area contributed by atoms with Crippen LogP contribution in [0.15, 0.2) is 0 Å². The lowest BCUT2D eigenvalue weighted by Gasteiger charge is -2.34. The van der Waals surface area contributed by atoms with Crippen LogP contribution in [0.5, 0.6) is 0 Å². The van der Waals surface area contributed by atoms with Crippen molar-refractivity contribution in [2.75, 3.05) is 27.2 Å². The molecule has 0 aliphatic heterocycles. The second-order valence-electron chi connectivity index (χ2n) is 3.86. The predicted octanol–water partition coefficient (Wildman–Crippen LogP) is -0.565. The Labute approximate surface area is 78.9 Å². The average molecular weight is 186 g/mol. The van der Waals surface area contributed by atoms with E-state index in [9.17, 15) is 4.79 Å². The fourth-order valence-corrected chi connectivity index (χ4v) is 1.68. The molecule has 0 atom stereocenters. The van der Waals surface area contributed by atoms with Gasteiger partial charge in [0.25, 0.3) is 0 Å². The Hall–Kier alpha value is -0.610. The maximum Gasteiger partial charge on any atom is 0.233 e. The van der Waals surface area contributed by atoms with E-state index >= 15 is 0 Å². The minimum atomic E-state index is -0.0987. The maximum absolute atomic E-state index is 11.0. The van der Waals surface area contributed by atoms with Crippen molar-refractivity contribution in [3.05, 3.63) is 0 Å². The Kier molecular flexibility index (Phi) is 3.69. The highest BCUT2D eigenvalue weighted by atomic mass is 16.3. The molecule has 1 amide bonds. The molecule has 1 fully saturated rings. The third kappa shape index (κ3) is 3.32. The van der Waals surface area contributed by atoms with Crippen LogP contribution >= 0.6 is 0 Å². The van der Waals surface area contributed by atoms with Crippen molar-refractivity contribution in [1.29, 1.82) is 0 Å². The molecule has 0 aromatic heterocycles. The SMILES string of the molecule is CNC(=O)CN(C)CC1CC(O)C1. The first kappa shape index (κ1) is 10.5. The van der Waals surface area contributed by atoms with E-state index in [-0.39, 0.29) is 12.0 Å². The molecule has 0 spiro atoms. The van der Waals surface area contributed by atoms with Crippen molar-refractivity contribution in [2.45, 2.75) is 18.9 Å². The number of amides is 1. The van der Waals surface area contributed by atoms with E-state index in [0.29, 0.717) is 12.5 Å². The van der Waals surface area contributed by atoms with Gasteiger partial charge >= 0.3 is 0 Å². The van der Waals surface area contributed by atoms with Crippen LogP contribution in [-0.4, -0.2) is 49.2 Å². The molecular formula is C9H18N2O2. The maximum atomic E-state index is 11.0. The van der Waals surface area contributed by atoms with Gasteiger partial charge in [0.05, 0.1) is 12.6 Å². The highest BCUT2D eigenvalue weighted by Gasteiger charge is 2.27. The summed E-state index contributed by atoms with van der Waals surface area (Å²) in [5, 5.41) is 11.6. The van der Waals surface area contributed by atoms with Gasteiger partial charge in [-0.25, -0.2) is 0 Å². The number of rotatable bonds is 4. The molecule has 4 heteroatoms. The topological polar surface area (TPSA) is 52.6 Å². The van der Waals surface area contributed by atoms with E-state index in [2.05, 4.69) is 5.32 Å². The van der Waals surface area contributed by atoms with Crippen molar-refractivity contribution in [3.8, 4) is 0 Å². The van der Waals surface area contributed by atoms with Crippen LogP contribution < -0.4 is 5.32 Å². The van der Waals surface area contributed by atoms with Crippen LogP contribution in [0.3, 0.4) is 0 Å². The molecule has 0 saturated heterocycles. The number of nitrogens with one attached hydrogen (secondary N) is 1. The molecule has 13 heavy (non-hydrogen) atoms. The summed E-state index contributed by atoms with van der Waals surface area (Å²) in [5.41, 5.74) is 0. The Balaban J connectivity index is 2.11.